The van der Waals surface area contributed by atoms with Crippen LogP contribution in [0.1, 0.15) is 29.5 Å². The molecule has 1 unspecified atom stereocenters. The normalized spacial score (nSPS) is 12.8. The van der Waals surface area contributed by atoms with E-state index in [9.17, 15) is 0 Å². The zero-order valence-electron chi connectivity index (χ0n) is 12.7. The summed E-state index contributed by atoms with van der Waals surface area (Å²) in [5, 5.41) is 0. The summed E-state index contributed by atoms with van der Waals surface area (Å²) in [4.78, 5) is 0. The number of rotatable bonds is 4. The van der Waals surface area contributed by atoms with Gasteiger partial charge in [-0.2, -0.15) is 0 Å². The van der Waals surface area contributed by atoms with Crippen LogP contribution in [0.15, 0.2) is 91.0 Å². The van der Waals surface area contributed by atoms with E-state index < -0.39 is 0 Å². The first-order chi connectivity index (χ1) is 10.7. The first kappa shape index (κ1) is 15.4. The molecule has 3 aromatic rings. The Labute approximate surface area is 146 Å². The maximum atomic E-state index is 2.35. The van der Waals surface area contributed by atoms with Gasteiger partial charge in [-0.3, -0.25) is 0 Å². The zero-order chi connectivity index (χ0) is 15.4. The molecule has 0 N–H and O–H groups in total. The molecule has 1 heteroatoms. The molecule has 0 amide bonds. The SMILES string of the molecule is CC(c1ccccc1)[C]([Sn])(c1ccccc1)c1ccccc1. The molecule has 0 fully saturated rings. The summed E-state index contributed by atoms with van der Waals surface area (Å²) in [6.45, 7) is 2.35. The molecule has 3 radical (unpaired) electrons. The molecule has 0 nitrogen and oxygen atoms in total. The van der Waals surface area contributed by atoms with E-state index in [1.54, 1.807) is 0 Å². The monoisotopic (exact) mass is 391 g/mol. The van der Waals surface area contributed by atoms with Crippen molar-refractivity contribution in [2.75, 3.05) is 0 Å². The van der Waals surface area contributed by atoms with Gasteiger partial charge < -0.3 is 0 Å². The maximum absolute atomic E-state index is 2.35. The van der Waals surface area contributed by atoms with Gasteiger partial charge in [-0.25, -0.2) is 0 Å². The van der Waals surface area contributed by atoms with Gasteiger partial charge >= 0.3 is 146 Å². The second kappa shape index (κ2) is 6.70. The van der Waals surface area contributed by atoms with E-state index in [4.69, 9.17) is 0 Å². The van der Waals surface area contributed by atoms with Crippen LogP contribution in [0.2, 0.25) is 0 Å². The molecule has 107 valence electrons. The summed E-state index contributed by atoms with van der Waals surface area (Å²) in [7, 11) is 0. The summed E-state index contributed by atoms with van der Waals surface area (Å²) in [6, 6.07) is 32.7. The summed E-state index contributed by atoms with van der Waals surface area (Å²) < 4.78 is 0.0383. The molecule has 0 saturated carbocycles. The van der Waals surface area contributed by atoms with E-state index in [0.29, 0.717) is 5.92 Å². The van der Waals surface area contributed by atoms with Gasteiger partial charge in [0.1, 0.15) is 0 Å². The fourth-order valence-corrected chi connectivity index (χ4v) is 4.49. The number of hydrogen-bond acceptors (Lipinski definition) is 0. The van der Waals surface area contributed by atoms with Crippen molar-refractivity contribution >= 4 is 22.5 Å². The second-order valence-corrected chi connectivity index (χ2v) is 7.92. The Kier molecular flexibility index (Phi) is 4.68. The van der Waals surface area contributed by atoms with Gasteiger partial charge in [-0.15, -0.1) is 0 Å². The zero-order valence-corrected chi connectivity index (χ0v) is 15.6. The van der Waals surface area contributed by atoms with Crippen molar-refractivity contribution in [1.29, 1.82) is 0 Å². The van der Waals surface area contributed by atoms with Crippen LogP contribution in [0.25, 0.3) is 0 Å². The van der Waals surface area contributed by atoms with Crippen molar-refractivity contribution in [3.8, 4) is 0 Å². The quantitative estimate of drug-likeness (QED) is 0.556. The predicted octanol–water partition coefficient (Wildman–Crippen LogP) is 4.90. The van der Waals surface area contributed by atoms with Crippen LogP contribution in [-0.4, -0.2) is 22.5 Å². The van der Waals surface area contributed by atoms with Crippen molar-refractivity contribution in [3.63, 3.8) is 0 Å². The van der Waals surface area contributed by atoms with Crippen LogP contribution in [0.3, 0.4) is 0 Å². The fourth-order valence-electron chi connectivity index (χ4n) is 3.06. The number of benzene rings is 3. The standard InChI is InChI=1S/C21H19.Sn/c1-17(18-11-5-2-6-12-18)21(19-13-7-3-8-14-19)20-15-9-4-10-16-20;/h2-17H,1H3;. The predicted molar refractivity (Wildman–Crippen MR) is 94.3 cm³/mol. The summed E-state index contributed by atoms with van der Waals surface area (Å²) >= 11 is 1.52. The first-order valence-electron chi connectivity index (χ1n) is 7.64. The molecule has 0 spiro atoms. The third-order valence-electron chi connectivity index (χ3n) is 4.41. The summed E-state index contributed by atoms with van der Waals surface area (Å²) in [6.07, 6.45) is 0. The van der Waals surface area contributed by atoms with Crippen molar-refractivity contribution in [2.45, 2.75) is 16.3 Å². The minimum absolute atomic E-state index is 0.0383. The van der Waals surface area contributed by atoms with Crippen LogP contribution < -0.4 is 0 Å². The van der Waals surface area contributed by atoms with Crippen molar-refractivity contribution in [2.24, 2.45) is 0 Å². The molecule has 0 bridgehead atoms. The van der Waals surface area contributed by atoms with E-state index in [1.807, 2.05) is 0 Å². The first-order valence-corrected chi connectivity index (χ1v) is 9.06. The third kappa shape index (κ3) is 2.85. The van der Waals surface area contributed by atoms with Crippen LogP contribution in [-0.2, 0) is 3.43 Å². The Morgan fingerprint density at radius 3 is 1.41 bits per heavy atom. The average molecular weight is 390 g/mol. The Morgan fingerprint density at radius 1 is 0.636 bits per heavy atom. The second-order valence-electron chi connectivity index (χ2n) is 5.67. The van der Waals surface area contributed by atoms with Crippen molar-refractivity contribution < 1.29 is 0 Å². The fraction of sp³-hybridized carbons (Fsp3) is 0.143. The van der Waals surface area contributed by atoms with E-state index in [0.717, 1.165) is 0 Å². The average Bonchev–Trinajstić information content (AvgIpc) is 2.62. The van der Waals surface area contributed by atoms with Gasteiger partial charge in [0, 0.05) is 0 Å². The van der Waals surface area contributed by atoms with Crippen LogP contribution in [0.5, 0.6) is 0 Å². The molecule has 1 atom stereocenters. The summed E-state index contributed by atoms with van der Waals surface area (Å²) in [5.41, 5.74) is 4.19. The molecular weight excluding hydrogens is 371 g/mol. The van der Waals surface area contributed by atoms with E-state index in [-0.39, 0.29) is 3.43 Å². The van der Waals surface area contributed by atoms with Gasteiger partial charge in [-0.05, 0) is 0 Å². The molecule has 0 saturated heterocycles. The van der Waals surface area contributed by atoms with Gasteiger partial charge in [0.15, 0.2) is 0 Å². The van der Waals surface area contributed by atoms with Gasteiger partial charge in [0.05, 0.1) is 0 Å². The Balaban J connectivity index is 2.16. The van der Waals surface area contributed by atoms with E-state index >= 15 is 0 Å². The van der Waals surface area contributed by atoms with Crippen LogP contribution >= 0.6 is 0 Å². The molecule has 22 heavy (non-hydrogen) atoms. The molecule has 0 heterocycles. The molecule has 0 aliphatic rings. The van der Waals surface area contributed by atoms with E-state index in [2.05, 4.69) is 97.9 Å². The van der Waals surface area contributed by atoms with E-state index in [1.165, 1.54) is 39.2 Å². The van der Waals surface area contributed by atoms with Crippen LogP contribution in [0, 0.1) is 0 Å². The third-order valence-corrected chi connectivity index (χ3v) is 7.29. The minimum atomic E-state index is 0.0383. The van der Waals surface area contributed by atoms with Gasteiger partial charge in [0.2, 0.25) is 0 Å². The molecule has 3 aromatic carbocycles. The summed E-state index contributed by atoms with van der Waals surface area (Å²) in [5.74, 6) is 0.428. The molecule has 0 aromatic heterocycles. The van der Waals surface area contributed by atoms with Gasteiger partial charge in [-0.1, -0.05) is 0 Å². The Hall–Kier alpha value is -1.54. The Morgan fingerprint density at radius 2 is 1.00 bits per heavy atom. The molecule has 0 aliphatic heterocycles. The number of hydrogen-bond donors (Lipinski definition) is 0. The Bertz CT molecular complexity index is 665. The topological polar surface area (TPSA) is 0 Å². The van der Waals surface area contributed by atoms with Crippen molar-refractivity contribution in [3.05, 3.63) is 108 Å². The van der Waals surface area contributed by atoms with Crippen LogP contribution in [0.4, 0.5) is 0 Å². The van der Waals surface area contributed by atoms with Gasteiger partial charge in [0.25, 0.3) is 0 Å². The molecule has 3 rings (SSSR count). The molecule has 0 aliphatic carbocycles. The molecular formula is C21H19Sn. The van der Waals surface area contributed by atoms with Crippen molar-refractivity contribution in [1.82, 2.24) is 0 Å².